The van der Waals surface area contributed by atoms with Crippen LogP contribution in [0.25, 0.3) is 10.8 Å². The zero-order valence-corrected chi connectivity index (χ0v) is 21.9. The van der Waals surface area contributed by atoms with Crippen molar-refractivity contribution in [2.45, 2.75) is 61.9 Å². The minimum atomic E-state index is -1.47. The van der Waals surface area contributed by atoms with Gasteiger partial charge in [-0.1, -0.05) is 0 Å². The smallest absolute Gasteiger partial charge is 0.277 e. The molecule has 1 spiro atoms. The van der Waals surface area contributed by atoms with Crippen molar-refractivity contribution in [3.8, 4) is 17.2 Å². The summed E-state index contributed by atoms with van der Waals surface area (Å²) in [5.41, 5.74) is 1.31. The molecule has 2 bridgehead atoms. The van der Waals surface area contributed by atoms with E-state index in [1.807, 2.05) is 13.0 Å². The number of rotatable bonds is 4. The highest BCUT2D eigenvalue weighted by atomic mass is 16.9. The number of Topliss-reactive ketones (excluding diaryl/α,β-unsaturated/α-hetero) is 1. The molecule has 4 fully saturated rings. The van der Waals surface area contributed by atoms with Gasteiger partial charge >= 0.3 is 0 Å². The van der Waals surface area contributed by atoms with E-state index in [0.717, 1.165) is 5.56 Å². The number of aliphatic hydroxyl groups excluding tert-OH is 1. The lowest BCUT2D eigenvalue weighted by Crippen LogP contribution is -2.70. The quantitative estimate of drug-likeness (QED) is 0.550. The standard InChI is InChI=1S/C28H30O11/c1-12-7-15-19(20(31)18-14(21(15)32-2)5-4-6-16(18)30)22-17(12)23-24-27(33-3,37-22)26(11-36-26)28(38-23,39-24)25-34-9-13(8-29)10-35-25/h7,13,23-25,29,31H,4-6,8-11H2,1-3H3/t13?,23-,24-,25?,26-,27+,28-/m0/s1. The number of aromatic hydroxyl groups is 1. The van der Waals surface area contributed by atoms with Crippen molar-refractivity contribution in [2.24, 2.45) is 5.92 Å². The number of carbonyl (C=O) groups excluding carboxylic acids is 1. The molecule has 0 saturated carbocycles. The van der Waals surface area contributed by atoms with Crippen LogP contribution >= 0.6 is 0 Å². The van der Waals surface area contributed by atoms with Gasteiger partial charge < -0.3 is 48.1 Å². The molecule has 11 heteroatoms. The second-order valence-electron chi connectivity index (χ2n) is 11.3. The van der Waals surface area contributed by atoms with Crippen molar-refractivity contribution in [3.63, 3.8) is 0 Å². The van der Waals surface area contributed by atoms with Crippen LogP contribution in [-0.2, 0) is 34.8 Å². The molecule has 0 aromatic heterocycles. The summed E-state index contributed by atoms with van der Waals surface area (Å²) in [6.07, 6.45) is -0.636. The Kier molecular flexibility index (Phi) is 4.87. The Morgan fingerprint density at radius 3 is 2.59 bits per heavy atom. The Balaban J connectivity index is 1.35. The zero-order valence-electron chi connectivity index (χ0n) is 21.9. The van der Waals surface area contributed by atoms with Gasteiger partial charge in [-0.05, 0) is 31.4 Å². The van der Waals surface area contributed by atoms with Gasteiger partial charge in [0.2, 0.25) is 11.9 Å². The second kappa shape index (κ2) is 7.82. The van der Waals surface area contributed by atoms with E-state index in [0.29, 0.717) is 52.7 Å². The predicted octanol–water partition coefficient (Wildman–Crippen LogP) is 2.03. The van der Waals surface area contributed by atoms with E-state index in [2.05, 4.69) is 0 Å². The average Bonchev–Trinajstić information content (AvgIpc) is 3.60. The first-order valence-corrected chi connectivity index (χ1v) is 13.4. The lowest BCUT2D eigenvalue weighted by molar-refractivity contribution is -0.371. The van der Waals surface area contributed by atoms with Gasteiger partial charge in [0, 0.05) is 36.0 Å². The molecule has 39 heavy (non-hydrogen) atoms. The topological polar surface area (TPSA) is 135 Å². The van der Waals surface area contributed by atoms with Gasteiger partial charge in [-0.2, -0.15) is 0 Å². The zero-order chi connectivity index (χ0) is 26.9. The molecule has 5 heterocycles. The Morgan fingerprint density at radius 1 is 1.15 bits per heavy atom. The van der Waals surface area contributed by atoms with Gasteiger partial charge in [-0.25, -0.2) is 0 Å². The fraction of sp³-hybridized carbons (Fsp3) is 0.607. The summed E-state index contributed by atoms with van der Waals surface area (Å²) in [6.45, 7) is 2.63. The average molecular weight is 543 g/mol. The van der Waals surface area contributed by atoms with E-state index in [9.17, 15) is 15.0 Å². The van der Waals surface area contributed by atoms with E-state index in [1.165, 1.54) is 7.11 Å². The van der Waals surface area contributed by atoms with Gasteiger partial charge in [-0.3, -0.25) is 4.79 Å². The molecule has 6 aliphatic rings. The largest absolute Gasteiger partial charge is 0.506 e. The molecule has 2 aromatic rings. The molecule has 208 valence electrons. The molecule has 2 aromatic carbocycles. The van der Waals surface area contributed by atoms with E-state index in [4.69, 9.17) is 37.9 Å². The van der Waals surface area contributed by atoms with Crippen LogP contribution in [0.3, 0.4) is 0 Å². The molecule has 5 atom stereocenters. The number of ether oxygens (including phenoxy) is 8. The summed E-state index contributed by atoms with van der Waals surface area (Å²) >= 11 is 0. The number of carbonyl (C=O) groups is 1. The van der Waals surface area contributed by atoms with Crippen LogP contribution in [0.5, 0.6) is 17.2 Å². The molecule has 8 rings (SSSR count). The number of phenolic OH excluding ortho intramolecular Hbond substituents is 1. The minimum Gasteiger partial charge on any atom is -0.506 e. The van der Waals surface area contributed by atoms with Crippen LogP contribution in [0.15, 0.2) is 6.07 Å². The fourth-order valence-electron chi connectivity index (χ4n) is 7.48. The molecular weight excluding hydrogens is 512 g/mol. The fourth-order valence-corrected chi connectivity index (χ4v) is 7.48. The SMILES string of the molecule is COc1c2c(c(O)c3c4c(c(C)cc13)[C@@H]1O[C@@]3(C5OCC(CO)CO5)O[C@@H]1[C@@](OC)(O4)[C@@]31CO1)C(=O)CCC2. The number of hydrogen-bond acceptors (Lipinski definition) is 11. The van der Waals surface area contributed by atoms with Gasteiger partial charge in [0.05, 0.1) is 44.5 Å². The van der Waals surface area contributed by atoms with Crippen molar-refractivity contribution in [3.05, 3.63) is 28.3 Å². The molecular formula is C28H30O11. The molecule has 0 amide bonds. The Bertz CT molecular complexity index is 1430. The number of fused-ring (bicyclic) bond motifs is 8. The van der Waals surface area contributed by atoms with Crippen molar-refractivity contribution >= 4 is 16.6 Å². The lowest BCUT2D eigenvalue weighted by Gasteiger charge is -2.50. The van der Waals surface area contributed by atoms with Crippen LogP contribution in [-0.4, -0.2) is 86.2 Å². The highest BCUT2D eigenvalue weighted by Gasteiger charge is 2.93. The molecule has 0 radical (unpaired) electrons. The van der Waals surface area contributed by atoms with Crippen LogP contribution in [0.2, 0.25) is 0 Å². The highest BCUT2D eigenvalue weighted by Crippen LogP contribution is 2.72. The van der Waals surface area contributed by atoms with Gasteiger partial charge in [0.25, 0.3) is 11.6 Å². The maximum Gasteiger partial charge on any atom is 0.277 e. The number of methoxy groups -OCH3 is 2. The van der Waals surface area contributed by atoms with Crippen molar-refractivity contribution in [1.29, 1.82) is 0 Å². The third-order valence-corrected chi connectivity index (χ3v) is 9.32. The third-order valence-electron chi connectivity index (χ3n) is 9.32. The monoisotopic (exact) mass is 542 g/mol. The number of epoxide rings is 1. The van der Waals surface area contributed by atoms with Gasteiger partial charge in [0.15, 0.2) is 11.9 Å². The van der Waals surface area contributed by atoms with Gasteiger partial charge in [-0.15, -0.1) is 0 Å². The summed E-state index contributed by atoms with van der Waals surface area (Å²) < 4.78 is 50.1. The van der Waals surface area contributed by atoms with E-state index in [1.54, 1.807) is 7.11 Å². The van der Waals surface area contributed by atoms with Crippen LogP contribution < -0.4 is 9.47 Å². The van der Waals surface area contributed by atoms with Crippen LogP contribution in [0.4, 0.5) is 0 Å². The summed E-state index contributed by atoms with van der Waals surface area (Å²) in [7, 11) is 3.09. The normalized spacial score (nSPS) is 39.5. The van der Waals surface area contributed by atoms with Crippen LogP contribution in [0, 0.1) is 12.8 Å². The highest BCUT2D eigenvalue weighted by molar-refractivity contribution is 6.11. The van der Waals surface area contributed by atoms with Crippen molar-refractivity contribution < 1.29 is 52.9 Å². The first-order chi connectivity index (χ1) is 18.9. The first-order valence-electron chi connectivity index (χ1n) is 13.4. The Labute approximate surface area is 223 Å². The first kappa shape index (κ1) is 24.3. The number of hydrogen-bond donors (Lipinski definition) is 2. The van der Waals surface area contributed by atoms with E-state index in [-0.39, 0.29) is 49.4 Å². The number of phenols is 1. The maximum absolute atomic E-state index is 13.0. The van der Waals surface area contributed by atoms with Crippen molar-refractivity contribution in [2.75, 3.05) is 40.6 Å². The van der Waals surface area contributed by atoms with Gasteiger partial charge in [0.1, 0.15) is 23.4 Å². The molecule has 2 N–H and O–H groups in total. The van der Waals surface area contributed by atoms with E-state index < -0.39 is 35.7 Å². The molecule has 1 aliphatic carbocycles. The number of aryl methyl sites for hydroxylation is 1. The number of ketones is 1. The maximum atomic E-state index is 13.0. The van der Waals surface area contributed by atoms with Crippen molar-refractivity contribution in [1.82, 2.24) is 0 Å². The minimum absolute atomic E-state index is 0.0573. The molecule has 11 nitrogen and oxygen atoms in total. The van der Waals surface area contributed by atoms with E-state index >= 15 is 0 Å². The Hall–Kier alpha value is -2.51. The summed E-state index contributed by atoms with van der Waals surface area (Å²) in [4.78, 5) is 13.0. The third kappa shape index (κ3) is 2.65. The predicted molar refractivity (Wildman–Crippen MR) is 131 cm³/mol. The lowest BCUT2D eigenvalue weighted by atomic mass is 9.78. The Morgan fingerprint density at radius 2 is 1.92 bits per heavy atom. The summed E-state index contributed by atoms with van der Waals surface area (Å²) in [5.74, 6) is -2.41. The summed E-state index contributed by atoms with van der Waals surface area (Å²) in [6, 6.07) is 1.93. The molecule has 5 aliphatic heterocycles. The van der Waals surface area contributed by atoms with Crippen LogP contribution in [0.1, 0.15) is 46.0 Å². The molecule has 4 saturated heterocycles. The number of aliphatic hydroxyl groups is 1. The second-order valence-corrected chi connectivity index (χ2v) is 11.3. The number of benzene rings is 2. The summed E-state index contributed by atoms with van der Waals surface area (Å²) in [5, 5.41) is 22.2. The molecule has 0 unspecified atom stereocenters.